The maximum atomic E-state index is 13.6. The summed E-state index contributed by atoms with van der Waals surface area (Å²) in [5, 5.41) is 4.29. The van der Waals surface area contributed by atoms with Gasteiger partial charge < -0.3 is 0 Å². The van der Waals surface area contributed by atoms with Crippen LogP contribution in [0.5, 0.6) is 0 Å². The van der Waals surface area contributed by atoms with Gasteiger partial charge in [-0.15, -0.1) is 0 Å². The molecule has 0 amide bonds. The molecule has 0 saturated heterocycles. The quantitative estimate of drug-likeness (QED) is 0.605. The summed E-state index contributed by atoms with van der Waals surface area (Å²) in [5.74, 6) is 0. The number of sulfone groups is 1. The van der Waals surface area contributed by atoms with Crippen molar-refractivity contribution in [1.29, 1.82) is 0 Å². The summed E-state index contributed by atoms with van der Waals surface area (Å²) in [4.78, 5) is -1.39. The SMILES string of the molecule is CCn1ncc2c1CCCC2N(C)S(=O)(=O)c1cc(C(F)(F)F)cc(S(=O)(=O)C(C)(C)C)c1. The highest BCUT2D eigenvalue weighted by Gasteiger charge is 2.39. The summed E-state index contributed by atoms with van der Waals surface area (Å²) in [6.45, 7) is 6.56. The van der Waals surface area contributed by atoms with E-state index in [0.717, 1.165) is 22.5 Å². The highest BCUT2D eigenvalue weighted by molar-refractivity contribution is 7.93. The third kappa shape index (κ3) is 4.57. The van der Waals surface area contributed by atoms with Crippen LogP contribution < -0.4 is 0 Å². The standard InChI is InChI=1S/C21H28F3N3O4S2/c1-6-27-19-9-7-8-18(17(19)13-25-27)26(5)33(30,31)16-11-14(21(22,23)24)10-15(12-16)32(28,29)20(2,3)4/h10-13,18H,6-9H2,1-5H3. The van der Waals surface area contributed by atoms with Gasteiger partial charge in [0.25, 0.3) is 0 Å². The molecular weight excluding hydrogens is 479 g/mol. The zero-order valence-electron chi connectivity index (χ0n) is 19.1. The second kappa shape index (κ2) is 8.38. The van der Waals surface area contributed by atoms with Crippen molar-refractivity contribution >= 4 is 19.9 Å². The number of nitrogens with zero attached hydrogens (tertiary/aromatic N) is 3. The smallest absolute Gasteiger partial charge is 0.270 e. The molecule has 33 heavy (non-hydrogen) atoms. The first-order valence-corrected chi connectivity index (χ1v) is 13.4. The average Bonchev–Trinajstić information content (AvgIpc) is 3.14. The van der Waals surface area contributed by atoms with E-state index in [9.17, 15) is 30.0 Å². The van der Waals surface area contributed by atoms with E-state index >= 15 is 0 Å². The van der Waals surface area contributed by atoms with Gasteiger partial charge >= 0.3 is 6.18 Å². The van der Waals surface area contributed by atoms with E-state index in [1.165, 1.54) is 27.8 Å². The molecule has 12 heteroatoms. The molecule has 0 aliphatic heterocycles. The summed E-state index contributed by atoms with van der Waals surface area (Å²) < 4.78 is 94.9. The summed E-state index contributed by atoms with van der Waals surface area (Å²) in [6.07, 6.45) is -1.44. The van der Waals surface area contributed by atoms with E-state index in [2.05, 4.69) is 5.10 Å². The Morgan fingerprint density at radius 1 is 1.09 bits per heavy atom. The largest absolute Gasteiger partial charge is 0.416 e. The van der Waals surface area contributed by atoms with Crippen LogP contribution in [0, 0.1) is 0 Å². The summed E-state index contributed by atoms with van der Waals surface area (Å²) in [5.41, 5.74) is 0.280. The fourth-order valence-electron chi connectivity index (χ4n) is 3.97. The number of benzene rings is 1. The molecule has 0 spiro atoms. The predicted octanol–water partition coefficient (Wildman–Crippen LogP) is 4.19. The Kier molecular flexibility index (Phi) is 6.53. The molecule has 0 saturated carbocycles. The lowest BCUT2D eigenvalue weighted by atomic mass is 9.93. The van der Waals surface area contributed by atoms with E-state index in [4.69, 9.17) is 0 Å². The van der Waals surface area contributed by atoms with Crippen molar-refractivity contribution in [3.63, 3.8) is 0 Å². The lowest BCUT2D eigenvalue weighted by Gasteiger charge is -2.31. The molecular formula is C21H28F3N3O4S2. The minimum atomic E-state index is -4.92. The number of alkyl halides is 3. The van der Waals surface area contributed by atoms with Crippen molar-refractivity contribution in [1.82, 2.24) is 14.1 Å². The molecule has 1 atom stereocenters. The van der Waals surface area contributed by atoms with Crippen molar-refractivity contribution in [2.45, 2.75) is 80.3 Å². The van der Waals surface area contributed by atoms with Crippen molar-refractivity contribution in [3.8, 4) is 0 Å². The van der Waals surface area contributed by atoms with Crippen molar-refractivity contribution < 1.29 is 30.0 Å². The molecule has 0 fully saturated rings. The Morgan fingerprint density at radius 3 is 2.24 bits per heavy atom. The summed E-state index contributed by atoms with van der Waals surface area (Å²) in [7, 11) is -7.39. The van der Waals surface area contributed by atoms with E-state index in [1.807, 2.05) is 6.92 Å². The summed E-state index contributed by atoms with van der Waals surface area (Å²) >= 11 is 0. The molecule has 2 aromatic rings. The molecule has 1 unspecified atom stereocenters. The number of sulfonamides is 1. The lowest BCUT2D eigenvalue weighted by molar-refractivity contribution is -0.137. The molecule has 1 aliphatic carbocycles. The Hall–Kier alpha value is -1.92. The van der Waals surface area contributed by atoms with Crippen molar-refractivity contribution in [3.05, 3.63) is 41.2 Å². The lowest BCUT2D eigenvalue weighted by Crippen LogP contribution is -2.34. The van der Waals surface area contributed by atoms with E-state index in [-0.39, 0.29) is 0 Å². The third-order valence-corrected chi connectivity index (χ3v) is 10.3. The number of hydrogen-bond donors (Lipinski definition) is 0. The van der Waals surface area contributed by atoms with Gasteiger partial charge in [-0.25, -0.2) is 16.8 Å². The van der Waals surface area contributed by atoms with Crippen LogP contribution in [-0.4, -0.2) is 42.7 Å². The van der Waals surface area contributed by atoms with Gasteiger partial charge in [0.05, 0.1) is 32.3 Å². The molecule has 1 aromatic carbocycles. The first-order chi connectivity index (χ1) is 15.0. The maximum absolute atomic E-state index is 13.6. The Bertz CT molecular complexity index is 1260. The van der Waals surface area contributed by atoms with Crippen LogP contribution in [0.3, 0.4) is 0 Å². The van der Waals surface area contributed by atoms with Gasteiger partial charge in [-0.3, -0.25) is 4.68 Å². The zero-order chi connectivity index (χ0) is 25.0. The van der Waals surface area contributed by atoms with Crippen LogP contribution in [0.25, 0.3) is 0 Å². The number of hydrogen-bond acceptors (Lipinski definition) is 5. The highest BCUT2D eigenvalue weighted by Crippen LogP contribution is 2.39. The Labute approximate surface area is 192 Å². The number of halogens is 3. The van der Waals surface area contributed by atoms with Crippen LogP contribution >= 0.6 is 0 Å². The minimum absolute atomic E-state index is 0.476. The highest BCUT2D eigenvalue weighted by atomic mass is 32.2. The third-order valence-electron chi connectivity index (χ3n) is 5.97. The van der Waals surface area contributed by atoms with Gasteiger partial charge in [0.15, 0.2) is 9.84 Å². The zero-order valence-corrected chi connectivity index (χ0v) is 20.8. The Balaban J connectivity index is 2.16. The molecule has 0 bridgehead atoms. The number of rotatable bonds is 5. The molecule has 1 aliphatic rings. The van der Waals surface area contributed by atoms with Gasteiger partial charge in [0, 0.05) is 24.8 Å². The van der Waals surface area contributed by atoms with Crippen LogP contribution in [0.2, 0.25) is 0 Å². The topological polar surface area (TPSA) is 89.3 Å². The van der Waals surface area contributed by atoms with Crippen LogP contribution in [0.1, 0.15) is 63.4 Å². The monoisotopic (exact) mass is 507 g/mol. The van der Waals surface area contributed by atoms with Gasteiger partial charge in [0.1, 0.15) is 0 Å². The average molecular weight is 508 g/mol. The molecule has 184 valence electrons. The first-order valence-electron chi connectivity index (χ1n) is 10.5. The number of aromatic nitrogens is 2. The van der Waals surface area contributed by atoms with Crippen molar-refractivity contribution in [2.75, 3.05) is 7.05 Å². The fraction of sp³-hybridized carbons (Fsp3) is 0.571. The van der Waals surface area contributed by atoms with E-state index in [1.54, 1.807) is 10.9 Å². The Morgan fingerprint density at radius 2 is 1.70 bits per heavy atom. The molecule has 1 aromatic heterocycles. The predicted molar refractivity (Wildman–Crippen MR) is 117 cm³/mol. The van der Waals surface area contributed by atoms with E-state index in [0.29, 0.717) is 37.1 Å². The van der Waals surface area contributed by atoms with Crippen LogP contribution in [-0.2, 0) is 39.0 Å². The molecule has 0 radical (unpaired) electrons. The van der Waals surface area contributed by atoms with Crippen LogP contribution in [0.4, 0.5) is 13.2 Å². The van der Waals surface area contributed by atoms with Gasteiger partial charge in [-0.05, 0) is 65.2 Å². The molecule has 0 N–H and O–H groups in total. The normalized spacial score (nSPS) is 17.9. The molecule has 3 rings (SSSR count). The second-order valence-corrected chi connectivity index (χ2v) is 13.8. The maximum Gasteiger partial charge on any atom is 0.416 e. The van der Waals surface area contributed by atoms with Crippen molar-refractivity contribution in [2.24, 2.45) is 0 Å². The summed E-state index contributed by atoms with van der Waals surface area (Å²) in [6, 6.07) is 1.19. The van der Waals surface area contributed by atoms with E-state index < -0.39 is 52.2 Å². The van der Waals surface area contributed by atoms with Gasteiger partial charge in [-0.2, -0.15) is 22.6 Å². The molecule has 7 nitrogen and oxygen atoms in total. The number of aryl methyl sites for hydroxylation is 1. The first kappa shape index (κ1) is 25.7. The number of fused-ring (bicyclic) bond motifs is 1. The van der Waals surface area contributed by atoms with Crippen LogP contribution in [0.15, 0.2) is 34.2 Å². The van der Waals surface area contributed by atoms with Gasteiger partial charge in [-0.1, -0.05) is 0 Å². The molecule has 1 heterocycles. The van der Waals surface area contributed by atoms with Gasteiger partial charge in [0.2, 0.25) is 10.0 Å². The second-order valence-electron chi connectivity index (χ2n) is 9.10. The fourth-order valence-corrected chi connectivity index (χ4v) is 6.76. The minimum Gasteiger partial charge on any atom is -0.270 e.